The van der Waals surface area contributed by atoms with Gasteiger partial charge in [0.2, 0.25) is 0 Å². The van der Waals surface area contributed by atoms with Crippen molar-refractivity contribution in [1.82, 2.24) is 9.78 Å². The molecule has 0 fully saturated rings. The first-order valence-corrected chi connectivity index (χ1v) is 8.53. The zero-order valence-electron chi connectivity index (χ0n) is 13.3. The number of hydrogen-bond donors (Lipinski definition) is 1. The van der Waals surface area contributed by atoms with Crippen molar-refractivity contribution in [1.29, 1.82) is 0 Å². The molecular weight excluding hydrogens is 392 g/mol. The van der Waals surface area contributed by atoms with Crippen molar-refractivity contribution in [2.45, 2.75) is 6.42 Å². The lowest BCUT2D eigenvalue weighted by atomic mass is 10.1. The first kappa shape index (κ1) is 16.1. The minimum absolute atomic E-state index is 0.201. The van der Waals surface area contributed by atoms with Crippen LogP contribution >= 0.6 is 15.9 Å². The summed E-state index contributed by atoms with van der Waals surface area (Å²) in [6, 6.07) is 9.13. The molecule has 1 N–H and O–H groups in total. The van der Waals surface area contributed by atoms with E-state index >= 15 is 0 Å². The van der Waals surface area contributed by atoms with Crippen LogP contribution in [0.1, 0.15) is 5.56 Å². The molecule has 128 valence electrons. The van der Waals surface area contributed by atoms with Crippen LogP contribution in [0.3, 0.4) is 0 Å². The fraction of sp³-hybridized carbons (Fsp3) is 0.167. The van der Waals surface area contributed by atoms with Crippen LogP contribution in [0.4, 0.5) is 14.6 Å². The molecule has 0 amide bonds. The lowest BCUT2D eigenvalue weighted by Gasteiger charge is -2.09. The third-order valence-electron chi connectivity index (χ3n) is 4.21. The molecule has 0 saturated heterocycles. The number of rotatable bonds is 3. The Kier molecular flexibility index (Phi) is 3.95. The third-order valence-corrected chi connectivity index (χ3v) is 4.70. The Labute approximate surface area is 151 Å². The Morgan fingerprint density at radius 3 is 2.80 bits per heavy atom. The second kappa shape index (κ2) is 6.15. The van der Waals surface area contributed by atoms with E-state index in [4.69, 9.17) is 4.74 Å². The molecule has 2 heterocycles. The minimum Gasteiger partial charge on any atom is -0.496 e. The highest BCUT2D eigenvalue weighted by Crippen LogP contribution is 2.39. The lowest BCUT2D eigenvalue weighted by molar-refractivity contribution is 0.416. The predicted molar refractivity (Wildman–Crippen MR) is 95.4 cm³/mol. The van der Waals surface area contributed by atoms with E-state index in [1.54, 1.807) is 7.11 Å². The number of halogens is 3. The van der Waals surface area contributed by atoms with E-state index in [-0.39, 0.29) is 5.69 Å². The van der Waals surface area contributed by atoms with Gasteiger partial charge in [0.1, 0.15) is 28.8 Å². The maximum Gasteiger partial charge on any atom is 0.151 e. The van der Waals surface area contributed by atoms with Crippen LogP contribution in [-0.2, 0) is 6.42 Å². The molecule has 0 spiro atoms. The molecule has 4 rings (SSSR count). The van der Waals surface area contributed by atoms with Crippen LogP contribution < -0.4 is 10.1 Å². The van der Waals surface area contributed by atoms with Gasteiger partial charge in [0.15, 0.2) is 5.82 Å². The van der Waals surface area contributed by atoms with Crippen LogP contribution in [0.5, 0.6) is 5.75 Å². The van der Waals surface area contributed by atoms with Gasteiger partial charge < -0.3 is 10.1 Å². The first-order chi connectivity index (χ1) is 12.1. The van der Waals surface area contributed by atoms with Gasteiger partial charge in [-0.3, -0.25) is 0 Å². The lowest BCUT2D eigenvalue weighted by Crippen LogP contribution is -2.06. The maximum absolute atomic E-state index is 14.3. The van der Waals surface area contributed by atoms with Gasteiger partial charge in [-0.25, -0.2) is 13.5 Å². The maximum atomic E-state index is 14.3. The number of nitrogens with one attached hydrogen (secondary N) is 1. The summed E-state index contributed by atoms with van der Waals surface area (Å²) >= 11 is 3.47. The summed E-state index contributed by atoms with van der Waals surface area (Å²) in [6.45, 7) is 0.735. The van der Waals surface area contributed by atoms with Crippen LogP contribution in [0.15, 0.2) is 40.9 Å². The second-order valence-corrected chi connectivity index (χ2v) is 6.62. The summed E-state index contributed by atoms with van der Waals surface area (Å²) in [5.41, 5.74) is 2.73. The molecule has 0 bridgehead atoms. The molecule has 2 aromatic carbocycles. The van der Waals surface area contributed by atoms with Gasteiger partial charge in [0, 0.05) is 28.2 Å². The zero-order chi connectivity index (χ0) is 17.6. The van der Waals surface area contributed by atoms with Crippen LogP contribution in [0, 0.1) is 11.6 Å². The van der Waals surface area contributed by atoms with Gasteiger partial charge in [-0.2, -0.15) is 5.10 Å². The van der Waals surface area contributed by atoms with Gasteiger partial charge in [0.25, 0.3) is 0 Å². The molecule has 7 heteroatoms. The summed E-state index contributed by atoms with van der Waals surface area (Å²) in [5, 5.41) is 7.84. The highest BCUT2D eigenvalue weighted by molar-refractivity contribution is 9.10. The van der Waals surface area contributed by atoms with Gasteiger partial charge in [-0.05, 0) is 36.8 Å². The van der Waals surface area contributed by atoms with Gasteiger partial charge in [-0.15, -0.1) is 0 Å². The van der Waals surface area contributed by atoms with E-state index in [1.807, 2.05) is 18.2 Å². The highest BCUT2D eigenvalue weighted by Gasteiger charge is 2.26. The Hall–Kier alpha value is -2.41. The zero-order valence-corrected chi connectivity index (χ0v) is 14.9. The second-order valence-electron chi connectivity index (χ2n) is 5.70. The molecule has 25 heavy (non-hydrogen) atoms. The number of aromatic nitrogens is 2. The van der Waals surface area contributed by atoms with Crippen molar-refractivity contribution >= 4 is 21.7 Å². The van der Waals surface area contributed by atoms with Crippen molar-refractivity contribution in [2.24, 2.45) is 0 Å². The SMILES string of the molecule is COc1ccc(Br)cc1-c1nn(-c2ccc(F)cc2F)c2c1CCN2. The van der Waals surface area contributed by atoms with E-state index in [9.17, 15) is 8.78 Å². The van der Waals surface area contributed by atoms with Gasteiger partial charge in [-0.1, -0.05) is 15.9 Å². The molecule has 3 aromatic rings. The monoisotopic (exact) mass is 405 g/mol. The van der Waals surface area contributed by atoms with Gasteiger partial charge in [0.05, 0.1) is 7.11 Å². The third kappa shape index (κ3) is 2.68. The largest absolute Gasteiger partial charge is 0.496 e. The number of anilines is 1. The molecule has 1 aliphatic rings. The molecule has 0 radical (unpaired) electrons. The van der Waals surface area contributed by atoms with Crippen LogP contribution in [-0.4, -0.2) is 23.4 Å². The number of hydrogen-bond acceptors (Lipinski definition) is 3. The van der Waals surface area contributed by atoms with Crippen molar-refractivity contribution in [3.8, 4) is 22.7 Å². The van der Waals surface area contributed by atoms with Crippen molar-refractivity contribution in [3.05, 3.63) is 58.1 Å². The number of ether oxygens (including phenoxy) is 1. The molecular formula is C18H14BrF2N3O. The molecule has 0 atom stereocenters. The summed E-state index contributed by atoms with van der Waals surface area (Å²) in [7, 11) is 1.60. The topological polar surface area (TPSA) is 39.1 Å². The summed E-state index contributed by atoms with van der Waals surface area (Å²) in [5.74, 6) is 0.128. The number of benzene rings is 2. The Morgan fingerprint density at radius 1 is 1.20 bits per heavy atom. The number of methoxy groups -OCH3 is 1. The Balaban J connectivity index is 1.94. The normalized spacial score (nSPS) is 12.8. The van der Waals surface area contributed by atoms with Crippen LogP contribution in [0.25, 0.3) is 16.9 Å². The van der Waals surface area contributed by atoms with Crippen LogP contribution in [0.2, 0.25) is 0 Å². The fourth-order valence-electron chi connectivity index (χ4n) is 3.08. The number of nitrogens with zero attached hydrogens (tertiary/aromatic N) is 2. The average molecular weight is 406 g/mol. The molecule has 0 unspecified atom stereocenters. The summed E-state index contributed by atoms with van der Waals surface area (Å²) < 4.78 is 35.4. The van der Waals surface area contributed by atoms with E-state index in [2.05, 4.69) is 26.3 Å². The van der Waals surface area contributed by atoms with E-state index in [0.717, 1.165) is 46.1 Å². The summed E-state index contributed by atoms with van der Waals surface area (Å²) in [4.78, 5) is 0. The standard InChI is InChI=1S/C18H14BrF2N3O/c1-25-16-5-2-10(19)8-13(16)17-12-6-7-22-18(12)24(23-17)15-4-3-11(20)9-14(15)21/h2-5,8-9,22H,6-7H2,1H3. The first-order valence-electron chi connectivity index (χ1n) is 7.73. The quantitative estimate of drug-likeness (QED) is 0.694. The van der Waals surface area contributed by atoms with Crippen molar-refractivity contribution in [2.75, 3.05) is 19.0 Å². The highest BCUT2D eigenvalue weighted by atomic mass is 79.9. The van der Waals surface area contributed by atoms with E-state index < -0.39 is 11.6 Å². The average Bonchev–Trinajstić information content (AvgIpc) is 3.18. The smallest absolute Gasteiger partial charge is 0.151 e. The van der Waals surface area contributed by atoms with E-state index in [1.165, 1.54) is 16.8 Å². The summed E-state index contributed by atoms with van der Waals surface area (Å²) in [6.07, 6.45) is 0.767. The number of fused-ring (bicyclic) bond motifs is 1. The van der Waals surface area contributed by atoms with E-state index in [0.29, 0.717) is 5.75 Å². The Morgan fingerprint density at radius 2 is 2.04 bits per heavy atom. The fourth-order valence-corrected chi connectivity index (χ4v) is 3.44. The minimum atomic E-state index is -0.660. The molecule has 0 saturated carbocycles. The van der Waals surface area contributed by atoms with Gasteiger partial charge >= 0.3 is 0 Å². The van der Waals surface area contributed by atoms with Crippen molar-refractivity contribution < 1.29 is 13.5 Å². The Bertz CT molecular complexity index is 971. The molecule has 1 aromatic heterocycles. The molecule has 0 aliphatic carbocycles. The predicted octanol–water partition coefficient (Wildman–Crippen LogP) is 4.56. The molecule has 1 aliphatic heterocycles. The molecule has 4 nitrogen and oxygen atoms in total. The van der Waals surface area contributed by atoms with Crippen molar-refractivity contribution in [3.63, 3.8) is 0 Å².